The van der Waals surface area contributed by atoms with Crippen LogP contribution in [-0.2, 0) is 19.6 Å². The number of carbonyl (C=O) groups excluding carboxylic acids is 1. The molecule has 31 heavy (non-hydrogen) atoms. The SMILES string of the molecule is CCCC(=O)OC1CN=C(c2[nH]c3c(N(C)S(=O)(=O)c4cccs4)cccc3c2F)S1. The summed E-state index contributed by atoms with van der Waals surface area (Å²) in [6.45, 7) is 2.13. The van der Waals surface area contributed by atoms with Crippen molar-refractivity contribution in [2.45, 2.75) is 29.4 Å². The lowest BCUT2D eigenvalue weighted by Gasteiger charge is -2.19. The largest absolute Gasteiger partial charge is 0.449 e. The van der Waals surface area contributed by atoms with Gasteiger partial charge in [-0.2, -0.15) is 0 Å². The zero-order valence-corrected chi connectivity index (χ0v) is 19.2. The number of rotatable bonds is 7. The smallest absolute Gasteiger partial charge is 0.306 e. The average Bonchev–Trinajstić information content (AvgIpc) is 3.48. The Kier molecular flexibility index (Phi) is 6.09. The van der Waals surface area contributed by atoms with Gasteiger partial charge in [-0.3, -0.25) is 14.1 Å². The minimum absolute atomic E-state index is 0.156. The van der Waals surface area contributed by atoms with Gasteiger partial charge in [-0.05, 0) is 30.0 Å². The van der Waals surface area contributed by atoms with E-state index in [2.05, 4.69) is 9.98 Å². The number of aromatic nitrogens is 1. The van der Waals surface area contributed by atoms with Gasteiger partial charge in [0.2, 0.25) is 0 Å². The molecule has 4 rings (SSSR count). The Morgan fingerprint density at radius 2 is 2.16 bits per heavy atom. The number of ether oxygens (including phenoxy) is 1. The predicted octanol–water partition coefficient (Wildman–Crippen LogP) is 4.36. The summed E-state index contributed by atoms with van der Waals surface area (Å²) in [5.41, 5.74) is 0.336. The molecule has 0 saturated heterocycles. The lowest BCUT2D eigenvalue weighted by atomic mass is 10.2. The maximum atomic E-state index is 15.2. The van der Waals surface area contributed by atoms with Crippen molar-refractivity contribution in [1.82, 2.24) is 4.98 Å². The minimum Gasteiger partial charge on any atom is -0.449 e. The van der Waals surface area contributed by atoms with Crippen LogP contribution in [0.5, 0.6) is 0 Å². The second-order valence-electron chi connectivity index (χ2n) is 6.85. The summed E-state index contributed by atoms with van der Waals surface area (Å²) < 4.78 is 47.8. The molecule has 0 bridgehead atoms. The summed E-state index contributed by atoms with van der Waals surface area (Å²) in [4.78, 5) is 19.1. The molecule has 0 spiro atoms. The van der Waals surface area contributed by atoms with Gasteiger partial charge in [-0.25, -0.2) is 12.8 Å². The monoisotopic (exact) mass is 481 g/mol. The van der Waals surface area contributed by atoms with Crippen molar-refractivity contribution in [3.8, 4) is 0 Å². The Morgan fingerprint density at radius 3 is 2.87 bits per heavy atom. The number of hydrogen-bond donors (Lipinski definition) is 1. The third kappa shape index (κ3) is 4.09. The Bertz CT molecular complexity index is 1250. The number of H-pyrrole nitrogens is 1. The van der Waals surface area contributed by atoms with Gasteiger partial charge >= 0.3 is 5.97 Å². The number of hydrogen-bond acceptors (Lipinski definition) is 7. The van der Waals surface area contributed by atoms with E-state index in [0.29, 0.717) is 29.1 Å². The molecule has 164 valence electrons. The van der Waals surface area contributed by atoms with Crippen molar-refractivity contribution >= 4 is 60.7 Å². The topological polar surface area (TPSA) is 91.8 Å². The maximum absolute atomic E-state index is 15.2. The number of sulfonamides is 1. The van der Waals surface area contributed by atoms with E-state index in [1.165, 1.54) is 24.9 Å². The molecular formula is C20H20FN3O4S3. The van der Waals surface area contributed by atoms with E-state index in [1.807, 2.05) is 6.92 Å². The lowest BCUT2D eigenvalue weighted by Crippen LogP contribution is -2.26. The summed E-state index contributed by atoms with van der Waals surface area (Å²) in [6, 6.07) is 8.00. The number of anilines is 1. The first kappa shape index (κ1) is 21.8. The third-order valence-electron chi connectivity index (χ3n) is 4.76. The maximum Gasteiger partial charge on any atom is 0.306 e. The van der Waals surface area contributed by atoms with Crippen molar-refractivity contribution in [3.05, 3.63) is 47.2 Å². The van der Waals surface area contributed by atoms with Crippen LogP contribution in [0.2, 0.25) is 0 Å². The highest BCUT2D eigenvalue weighted by molar-refractivity contribution is 8.15. The third-order valence-corrected chi connectivity index (χ3v) is 8.96. The van der Waals surface area contributed by atoms with Crippen molar-refractivity contribution < 1.29 is 22.3 Å². The van der Waals surface area contributed by atoms with Gasteiger partial charge in [-0.1, -0.05) is 30.8 Å². The normalized spacial score (nSPS) is 16.5. The van der Waals surface area contributed by atoms with Crippen LogP contribution in [0.4, 0.5) is 10.1 Å². The van der Waals surface area contributed by atoms with Gasteiger partial charge < -0.3 is 9.72 Å². The highest BCUT2D eigenvalue weighted by Crippen LogP contribution is 2.36. The number of benzene rings is 1. The molecule has 1 aliphatic heterocycles. The highest BCUT2D eigenvalue weighted by atomic mass is 32.2. The van der Waals surface area contributed by atoms with Gasteiger partial charge in [0.1, 0.15) is 14.9 Å². The van der Waals surface area contributed by atoms with E-state index in [1.54, 1.807) is 29.6 Å². The Labute approximate surface area is 187 Å². The van der Waals surface area contributed by atoms with Gasteiger partial charge in [-0.15, -0.1) is 11.3 Å². The zero-order chi connectivity index (χ0) is 22.2. The number of para-hydroxylation sites is 1. The Hall–Kier alpha value is -2.37. The number of aromatic amines is 1. The molecule has 3 aromatic rings. The van der Waals surface area contributed by atoms with Crippen LogP contribution in [0.15, 0.2) is 44.9 Å². The van der Waals surface area contributed by atoms with Gasteiger partial charge in [0.15, 0.2) is 11.3 Å². The molecule has 3 heterocycles. The Balaban J connectivity index is 1.65. The average molecular weight is 482 g/mol. The fraction of sp³-hybridized carbons (Fsp3) is 0.300. The number of carbonyl (C=O) groups is 1. The molecule has 0 radical (unpaired) electrons. The first-order chi connectivity index (χ1) is 14.8. The van der Waals surface area contributed by atoms with Crippen LogP contribution in [0.3, 0.4) is 0 Å². The number of thioether (sulfide) groups is 1. The summed E-state index contributed by atoms with van der Waals surface area (Å²) in [6.07, 6.45) is 1.01. The van der Waals surface area contributed by atoms with Gasteiger partial charge in [0, 0.05) is 18.9 Å². The molecule has 1 N–H and O–H groups in total. The molecule has 2 aromatic heterocycles. The molecule has 0 aliphatic carbocycles. The fourth-order valence-corrected chi connectivity index (χ4v) is 6.55. The summed E-state index contributed by atoms with van der Waals surface area (Å²) in [7, 11) is -2.34. The molecule has 7 nitrogen and oxygen atoms in total. The first-order valence-corrected chi connectivity index (χ1v) is 12.8. The molecular weight excluding hydrogens is 461 g/mol. The minimum atomic E-state index is -3.77. The van der Waals surface area contributed by atoms with Gasteiger partial charge in [0.25, 0.3) is 10.0 Å². The van der Waals surface area contributed by atoms with Crippen molar-refractivity contribution in [3.63, 3.8) is 0 Å². The summed E-state index contributed by atoms with van der Waals surface area (Å²) in [5, 5.41) is 2.33. The second-order valence-corrected chi connectivity index (χ2v) is 11.1. The summed E-state index contributed by atoms with van der Waals surface area (Å²) >= 11 is 2.29. The molecule has 11 heteroatoms. The Morgan fingerprint density at radius 1 is 1.35 bits per heavy atom. The van der Waals surface area contributed by atoms with E-state index in [9.17, 15) is 13.2 Å². The van der Waals surface area contributed by atoms with Crippen LogP contribution >= 0.6 is 23.1 Å². The lowest BCUT2D eigenvalue weighted by molar-refractivity contribution is -0.144. The zero-order valence-electron chi connectivity index (χ0n) is 16.8. The van der Waals surface area contributed by atoms with Crippen LogP contribution in [0.1, 0.15) is 25.5 Å². The molecule has 1 aliphatic rings. The summed E-state index contributed by atoms with van der Waals surface area (Å²) in [5.74, 6) is -0.832. The predicted molar refractivity (Wildman–Crippen MR) is 122 cm³/mol. The van der Waals surface area contributed by atoms with E-state index in [4.69, 9.17) is 4.74 Å². The number of nitrogens with one attached hydrogen (secondary N) is 1. The van der Waals surface area contributed by atoms with Crippen LogP contribution in [0.25, 0.3) is 10.9 Å². The van der Waals surface area contributed by atoms with Crippen LogP contribution in [0, 0.1) is 5.82 Å². The molecule has 0 fully saturated rings. The van der Waals surface area contributed by atoms with E-state index >= 15 is 4.39 Å². The molecule has 0 saturated carbocycles. The quantitative estimate of drug-likeness (QED) is 0.507. The van der Waals surface area contributed by atoms with Crippen LogP contribution in [-0.4, -0.2) is 43.4 Å². The van der Waals surface area contributed by atoms with Crippen molar-refractivity contribution in [2.75, 3.05) is 17.9 Å². The number of aliphatic imine (C=N–C) groups is 1. The molecule has 0 amide bonds. The van der Waals surface area contributed by atoms with E-state index < -0.39 is 21.3 Å². The van der Waals surface area contributed by atoms with Crippen molar-refractivity contribution in [2.24, 2.45) is 4.99 Å². The molecule has 1 atom stereocenters. The standard InChI is InChI=1S/C20H20FN3O4S3/c1-3-6-14(25)28-15-11-22-20(30-15)19-17(21)12-7-4-8-13(18(12)23-19)24(2)31(26,27)16-9-5-10-29-16/h4-5,7-10,15,23H,3,6,11H2,1-2H3. The van der Waals surface area contributed by atoms with E-state index in [-0.39, 0.29) is 27.8 Å². The highest BCUT2D eigenvalue weighted by Gasteiger charge is 2.30. The number of thiophene rings is 1. The number of halogens is 1. The second kappa shape index (κ2) is 8.64. The fourth-order valence-electron chi connectivity index (χ4n) is 3.22. The van der Waals surface area contributed by atoms with Crippen molar-refractivity contribution in [1.29, 1.82) is 0 Å². The van der Waals surface area contributed by atoms with E-state index in [0.717, 1.165) is 15.6 Å². The van der Waals surface area contributed by atoms with Crippen LogP contribution < -0.4 is 4.31 Å². The number of esters is 1. The number of fused-ring (bicyclic) bond motifs is 1. The number of nitrogens with zero attached hydrogens (tertiary/aromatic N) is 2. The molecule has 1 aromatic carbocycles. The molecule has 1 unspecified atom stereocenters. The first-order valence-electron chi connectivity index (χ1n) is 9.56. The van der Waals surface area contributed by atoms with Gasteiger partial charge in [0.05, 0.1) is 17.7 Å².